The van der Waals surface area contributed by atoms with Crippen molar-refractivity contribution in [1.29, 1.82) is 0 Å². The number of aromatic nitrogens is 1. The number of aliphatic hydroxyl groups is 2. The molecule has 2 atom stereocenters. The smallest absolute Gasteiger partial charge is 0.305 e. The fourth-order valence-electron chi connectivity index (χ4n) is 5.21. The van der Waals surface area contributed by atoms with Gasteiger partial charge >= 0.3 is 5.97 Å². The summed E-state index contributed by atoms with van der Waals surface area (Å²) in [6.45, 7) is 8.07. The molecular formula is C35H40F2N2O5. The minimum atomic E-state index is -1.22. The number of carboxylic acids is 1. The number of hydrogen-bond acceptors (Lipinski definition) is 4. The van der Waals surface area contributed by atoms with E-state index in [2.05, 4.69) is 5.32 Å². The number of hydrogen-bond donors (Lipinski definition) is 4. The van der Waals surface area contributed by atoms with Crippen LogP contribution >= 0.6 is 0 Å². The molecule has 7 nitrogen and oxygen atoms in total. The van der Waals surface area contributed by atoms with Gasteiger partial charge in [0.25, 0.3) is 5.91 Å². The van der Waals surface area contributed by atoms with Crippen LogP contribution in [0.25, 0.3) is 22.4 Å². The van der Waals surface area contributed by atoms with E-state index in [-0.39, 0.29) is 31.2 Å². The Bertz CT molecular complexity index is 1520. The van der Waals surface area contributed by atoms with Crippen molar-refractivity contribution in [3.63, 3.8) is 0 Å². The predicted molar refractivity (Wildman–Crippen MR) is 169 cm³/mol. The summed E-state index contributed by atoms with van der Waals surface area (Å²) in [5.74, 6) is -2.62. The average Bonchev–Trinajstić information content (AvgIpc) is 3.33. The van der Waals surface area contributed by atoms with Gasteiger partial charge in [-0.15, -0.1) is 0 Å². The Morgan fingerprint density at radius 2 is 1.36 bits per heavy atom. The number of carbonyl (C=O) groups excluding carboxylic acids is 1. The molecule has 0 spiro atoms. The molecule has 234 valence electrons. The summed E-state index contributed by atoms with van der Waals surface area (Å²) in [4.78, 5) is 25.0. The van der Waals surface area contributed by atoms with Gasteiger partial charge < -0.3 is 25.2 Å². The Balaban J connectivity index is 0.00000259. The van der Waals surface area contributed by atoms with E-state index in [1.807, 2.05) is 38.3 Å². The molecule has 0 saturated heterocycles. The highest BCUT2D eigenvalue weighted by atomic mass is 19.1. The highest BCUT2D eigenvalue weighted by molar-refractivity contribution is 6.12. The number of nitrogens with one attached hydrogen (secondary N) is 1. The average molecular weight is 607 g/mol. The van der Waals surface area contributed by atoms with Gasteiger partial charge in [0, 0.05) is 23.5 Å². The summed E-state index contributed by atoms with van der Waals surface area (Å²) in [5, 5.41) is 32.7. The first kappa shape index (κ1) is 34.2. The summed E-state index contributed by atoms with van der Waals surface area (Å²) in [6.07, 6.45) is -2.73. The zero-order valence-electron chi connectivity index (χ0n) is 25.4. The number of para-hydroxylation sites is 1. The molecule has 4 aromatic rings. The second-order valence-electron chi connectivity index (χ2n) is 10.6. The number of carboxylic acid groups (broad SMARTS) is 1. The van der Waals surface area contributed by atoms with Gasteiger partial charge in [0.05, 0.1) is 29.9 Å². The molecule has 9 heteroatoms. The van der Waals surface area contributed by atoms with Crippen LogP contribution in [0.2, 0.25) is 0 Å². The van der Waals surface area contributed by atoms with Crippen LogP contribution in [-0.2, 0) is 11.3 Å². The summed E-state index contributed by atoms with van der Waals surface area (Å²) in [6, 6.07) is 20.6. The SMILES string of the molecule is CC.CC(C)c1c(C(=O)Nc2ccccc2)c(-c2ccc(F)cc2)c(-c2ccc(F)cc2)n1CCC(O)CC(O)CC(=O)O. The topological polar surface area (TPSA) is 112 Å². The van der Waals surface area contributed by atoms with Gasteiger partial charge in [-0.3, -0.25) is 9.59 Å². The third-order valence-electron chi connectivity index (χ3n) is 7.00. The summed E-state index contributed by atoms with van der Waals surface area (Å²) < 4.78 is 29.9. The predicted octanol–water partition coefficient (Wildman–Crippen LogP) is 7.48. The molecule has 0 bridgehead atoms. The molecule has 0 aliphatic heterocycles. The van der Waals surface area contributed by atoms with Gasteiger partial charge in [-0.1, -0.05) is 58.0 Å². The lowest BCUT2D eigenvalue weighted by molar-refractivity contribution is -0.139. The Morgan fingerprint density at radius 3 is 1.89 bits per heavy atom. The van der Waals surface area contributed by atoms with E-state index >= 15 is 0 Å². The van der Waals surface area contributed by atoms with E-state index in [9.17, 15) is 28.6 Å². The standard InChI is InChI=1S/C33H34F2N2O5.C2H6/c1-20(2)31-30(33(42)36-25-6-4-3-5-7-25)29(21-8-12-23(34)13-9-21)32(22-10-14-24(35)15-11-22)37(31)17-16-26(38)18-27(39)19-28(40)41;1-2/h3-15,20,26-27,38-39H,16-19H2,1-2H3,(H,36,42)(H,40,41);1-2H3. The number of aliphatic hydroxyl groups excluding tert-OH is 2. The lowest BCUT2D eigenvalue weighted by atomic mass is 9.94. The summed E-state index contributed by atoms with van der Waals surface area (Å²) in [5.41, 5.74) is 3.89. The van der Waals surface area contributed by atoms with E-state index < -0.39 is 36.2 Å². The molecule has 4 N–H and O–H groups in total. The number of aliphatic carboxylic acids is 1. The maximum atomic E-state index is 14.0. The minimum Gasteiger partial charge on any atom is -0.481 e. The maximum absolute atomic E-state index is 14.0. The molecule has 3 aromatic carbocycles. The first-order valence-electron chi connectivity index (χ1n) is 14.8. The molecule has 0 aliphatic rings. The number of anilines is 1. The van der Waals surface area contributed by atoms with Gasteiger partial charge in [0.1, 0.15) is 11.6 Å². The second kappa shape index (κ2) is 15.9. The third kappa shape index (κ3) is 8.61. The van der Waals surface area contributed by atoms with Crippen LogP contribution in [0.1, 0.15) is 68.9 Å². The Morgan fingerprint density at radius 1 is 0.818 bits per heavy atom. The van der Waals surface area contributed by atoms with Gasteiger partial charge in [-0.25, -0.2) is 8.78 Å². The molecule has 4 rings (SSSR count). The summed E-state index contributed by atoms with van der Waals surface area (Å²) in [7, 11) is 0. The number of halogens is 2. The zero-order valence-corrected chi connectivity index (χ0v) is 25.4. The molecule has 0 aliphatic carbocycles. The quantitative estimate of drug-likeness (QED) is 0.134. The molecule has 1 heterocycles. The van der Waals surface area contributed by atoms with E-state index in [0.717, 1.165) is 0 Å². The molecule has 1 aromatic heterocycles. The van der Waals surface area contributed by atoms with Crippen molar-refractivity contribution in [2.45, 2.75) is 71.6 Å². The van der Waals surface area contributed by atoms with Crippen LogP contribution in [0.5, 0.6) is 0 Å². The molecule has 2 unspecified atom stereocenters. The lowest BCUT2D eigenvalue weighted by Crippen LogP contribution is -2.22. The van der Waals surface area contributed by atoms with Crippen molar-refractivity contribution in [1.82, 2.24) is 4.57 Å². The maximum Gasteiger partial charge on any atom is 0.305 e. The molecule has 1 amide bonds. The third-order valence-corrected chi connectivity index (χ3v) is 7.00. The zero-order chi connectivity index (χ0) is 32.4. The van der Waals surface area contributed by atoms with Crippen molar-refractivity contribution in [2.24, 2.45) is 0 Å². The van der Waals surface area contributed by atoms with Crippen molar-refractivity contribution >= 4 is 17.6 Å². The van der Waals surface area contributed by atoms with Crippen LogP contribution < -0.4 is 5.32 Å². The van der Waals surface area contributed by atoms with Crippen LogP contribution in [-0.4, -0.2) is 44.0 Å². The van der Waals surface area contributed by atoms with Gasteiger partial charge in [0.2, 0.25) is 0 Å². The number of benzene rings is 3. The largest absolute Gasteiger partial charge is 0.481 e. The lowest BCUT2D eigenvalue weighted by Gasteiger charge is -2.20. The monoisotopic (exact) mass is 606 g/mol. The van der Waals surface area contributed by atoms with Gasteiger partial charge in [0.15, 0.2) is 0 Å². The Hall–Kier alpha value is -4.34. The van der Waals surface area contributed by atoms with E-state index in [4.69, 9.17) is 5.11 Å². The fourth-order valence-corrected chi connectivity index (χ4v) is 5.21. The van der Waals surface area contributed by atoms with E-state index in [1.54, 1.807) is 48.5 Å². The van der Waals surface area contributed by atoms with Crippen molar-refractivity contribution in [3.05, 3.63) is 102 Å². The van der Waals surface area contributed by atoms with Crippen LogP contribution in [0.15, 0.2) is 78.9 Å². The van der Waals surface area contributed by atoms with Crippen molar-refractivity contribution in [2.75, 3.05) is 5.32 Å². The van der Waals surface area contributed by atoms with Crippen molar-refractivity contribution in [3.8, 4) is 22.4 Å². The number of nitrogens with zero attached hydrogens (tertiary/aromatic N) is 1. The molecule has 0 fully saturated rings. The van der Waals surface area contributed by atoms with Crippen LogP contribution in [0.4, 0.5) is 14.5 Å². The number of amides is 1. The first-order valence-corrected chi connectivity index (χ1v) is 14.8. The molecular weight excluding hydrogens is 566 g/mol. The highest BCUT2D eigenvalue weighted by Gasteiger charge is 2.31. The number of carbonyl (C=O) groups is 2. The molecule has 0 radical (unpaired) electrons. The molecule has 0 saturated carbocycles. The number of rotatable bonds is 12. The van der Waals surface area contributed by atoms with Crippen LogP contribution in [0.3, 0.4) is 0 Å². The fraction of sp³-hybridized carbons (Fsp3) is 0.314. The van der Waals surface area contributed by atoms with Gasteiger partial charge in [-0.2, -0.15) is 0 Å². The van der Waals surface area contributed by atoms with Crippen molar-refractivity contribution < 1.29 is 33.7 Å². The highest BCUT2D eigenvalue weighted by Crippen LogP contribution is 2.42. The first-order chi connectivity index (χ1) is 21.0. The van der Waals surface area contributed by atoms with E-state index in [0.29, 0.717) is 39.3 Å². The Labute approximate surface area is 256 Å². The van der Waals surface area contributed by atoms with Gasteiger partial charge in [-0.05, 0) is 78.4 Å². The summed E-state index contributed by atoms with van der Waals surface area (Å²) >= 11 is 0. The molecule has 44 heavy (non-hydrogen) atoms. The normalized spacial score (nSPS) is 12.3. The Kier molecular flexibility index (Phi) is 12.4. The minimum absolute atomic E-state index is 0.136. The van der Waals surface area contributed by atoms with E-state index in [1.165, 1.54) is 24.3 Å². The van der Waals surface area contributed by atoms with Crippen LogP contribution in [0, 0.1) is 11.6 Å². The second-order valence-corrected chi connectivity index (χ2v) is 10.6.